The Hall–Kier alpha value is -0.910. The van der Waals surface area contributed by atoms with Gasteiger partial charge in [-0.25, -0.2) is 0 Å². The second-order valence-electron chi connectivity index (χ2n) is 7.48. The van der Waals surface area contributed by atoms with Crippen LogP contribution in [0.5, 0.6) is 0 Å². The monoisotopic (exact) mass is 383 g/mol. The molecule has 0 fully saturated rings. The van der Waals surface area contributed by atoms with E-state index in [4.69, 9.17) is 0 Å². The first kappa shape index (κ1) is 23.1. The highest BCUT2D eigenvalue weighted by Crippen LogP contribution is 2.18. The Morgan fingerprint density at radius 1 is 0.846 bits per heavy atom. The van der Waals surface area contributed by atoms with Gasteiger partial charge in [-0.15, -0.1) is 0 Å². The van der Waals surface area contributed by atoms with Gasteiger partial charge in [-0.1, -0.05) is 83.4 Å². The predicted molar refractivity (Wildman–Crippen MR) is 109 cm³/mol. The average molecular weight is 384 g/mol. The highest BCUT2D eigenvalue weighted by atomic mass is 32.2. The molecule has 2 N–H and O–H groups in total. The molecule has 4 nitrogen and oxygen atoms in total. The second-order valence-corrected chi connectivity index (χ2v) is 8.87. The van der Waals surface area contributed by atoms with Crippen molar-refractivity contribution in [2.75, 3.05) is 6.54 Å². The molecule has 0 unspecified atom stereocenters. The van der Waals surface area contributed by atoms with Crippen molar-refractivity contribution in [2.24, 2.45) is 0 Å². The maximum Gasteiger partial charge on any atom is 0.294 e. The van der Waals surface area contributed by atoms with Gasteiger partial charge in [-0.05, 0) is 37.4 Å². The van der Waals surface area contributed by atoms with Gasteiger partial charge < -0.3 is 5.32 Å². The molecule has 0 amide bonds. The molecule has 0 saturated heterocycles. The molecule has 0 radical (unpaired) electrons. The summed E-state index contributed by atoms with van der Waals surface area (Å²) in [5.74, 6) is 0. The zero-order valence-electron chi connectivity index (χ0n) is 16.5. The third kappa shape index (κ3) is 10.9. The minimum absolute atomic E-state index is 0.0589. The second kappa shape index (κ2) is 13.3. The number of hydrogen-bond acceptors (Lipinski definition) is 3. The lowest BCUT2D eigenvalue weighted by Crippen LogP contribution is -2.23. The van der Waals surface area contributed by atoms with Crippen molar-refractivity contribution in [3.8, 4) is 0 Å². The van der Waals surface area contributed by atoms with Crippen LogP contribution < -0.4 is 5.32 Å². The van der Waals surface area contributed by atoms with Gasteiger partial charge in [-0.3, -0.25) is 4.55 Å². The molecule has 26 heavy (non-hydrogen) atoms. The smallest absolute Gasteiger partial charge is 0.294 e. The predicted octanol–water partition coefficient (Wildman–Crippen LogP) is 5.37. The van der Waals surface area contributed by atoms with E-state index in [1.165, 1.54) is 57.4 Å². The maximum atomic E-state index is 11.4. The Balaban J connectivity index is 1.99. The summed E-state index contributed by atoms with van der Waals surface area (Å²) in [5.41, 5.74) is 0.724. The standard InChI is InChI=1S/C21H37NO3S/c1-19(2)22-18-14-10-8-6-4-3-5-7-9-11-15-20-16-12-13-17-21(20)26(23,24)25/h12-13,16-17,19,22H,3-11,14-15,18H2,1-2H3,(H,23,24,25). The molecule has 0 heterocycles. The third-order valence-electron chi connectivity index (χ3n) is 4.68. The Labute approximate surface area is 160 Å². The van der Waals surface area contributed by atoms with Crippen molar-refractivity contribution < 1.29 is 13.0 Å². The van der Waals surface area contributed by atoms with Gasteiger partial charge in [0.05, 0.1) is 4.90 Å². The Kier molecular flexibility index (Phi) is 11.8. The van der Waals surface area contributed by atoms with Crippen LogP contribution in [0.15, 0.2) is 29.2 Å². The van der Waals surface area contributed by atoms with Crippen molar-refractivity contribution in [1.29, 1.82) is 0 Å². The van der Waals surface area contributed by atoms with Crippen LogP contribution in [0, 0.1) is 0 Å². The average Bonchev–Trinajstić information content (AvgIpc) is 2.58. The van der Waals surface area contributed by atoms with Gasteiger partial charge in [0.15, 0.2) is 0 Å². The van der Waals surface area contributed by atoms with Gasteiger partial charge in [0.1, 0.15) is 0 Å². The molecule has 1 rings (SSSR count). The number of nitrogens with one attached hydrogen (secondary N) is 1. The summed E-state index contributed by atoms with van der Waals surface area (Å²) in [5, 5.41) is 3.45. The molecule has 0 bridgehead atoms. The summed E-state index contributed by atoms with van der Waals surface area (Å²) in [6.45, 7) is 5.51. The quantitative estimate of drug-likeness (QED) is 0.315. The lowest BCUT2D eigenvalue weighted by molar-refractivity contribution is 0.481. The topological polar surface area (TPSA) is 66.4 Å². The van der Waals surface area contributed by atoms with E-state index in [-0.39, 0.29) is 4.90 Å². The Morgan fingerprint density at radius 2 is 1.35 bits per heavy atom. The molecule has 1 aromatic carbocycles. The number of benzene rings is 1. The number of aryl methyl sites for hydroxylation is 1. The molecule has 0 aromatic heterocycles. The van der Waals surface area contributed by atoms with Crippen molar-refractivity contribution in [3.05, 3.63) is 29.8 Å². The fraction of sp³-hybridized carbons (Fsp3) is 0.714. The first-order valence-electron chi connectivity index (χ1n) is 10.2. The fourth-order valence-corrected chi connectivity index (χ4v) is 3.96. The summed E-state index contributed by atoms with van der Waals surface area (Å²) in [6, 6.07) is 7.33. The Morgan fingerprint density at radius 3 is 1.88 bits per heavy atom. The van der Waals surface area contributed by atoms with Crippen molar-refractivity contribution in [3.63, 3.8) is 0 Å². The SMILES string of the molecule is CC(C)NCCCCCCCCCCCCc1ccccc1S(=O)(=O)O. The van der Waals surface area contributed by atoms with E-state index in [1.807, 2.05) is 6.07 Å². The van der Waals surface area contributed by atoms with E-state index in [0.717, 1.165) is 24.9 Å². The zero-order chi connectivity index (χ0) is 19.3. The summed E-state index contributed by atoms with van der Waals surface area (Å²) in [4.78, 5) is 0.0589. The minimum Gasteiger partial charge on any atom is -0.315 e. The van der Waals surface area contributed by atoms with Gasteiger partial charge in [0, 0.05) is 6.04 Å². The lowest BCUT2D eigenvalue weighted by Gasteiger charge is -2.07. The van der Waals surface area contributed by atoms with Crippen LogP contribution in [0.2, 0.25) is 0 Å². The van der Waals surface area contributed by atoms with Crippen molar-refractivity contribution in [2.45, 2.75) is 95.4 Å². The summed E-state index contributed by atoms with van der Waals surface area (Å²) in [6.07, 6.45) is 13.2. The van der Waals surface area contributed by atoms with E-state index >= 15 is 0 Å². The van der Waals surface area contributed by atoms with E-state index in [9.17, 15) is 13.0 Å². The van der Waals surface area contributed by atoms with Crippen LogP contribution in [-0.2, 0) is 16.5 Å². The molecule has 0 aliphatic rings. The maximum absolute atomic E-state index is 11.4. The van der Waals surface area contributed by atoms with E-state index in [0.29, 0.717) is 12.5 Å². The minimum atomic E-state index is -4.11. The lowest BCUT2D eigenvalue weighted by atomic mass is 10.0. The number of unbranched alkanes of at least 4 members (excludes halogenated alkanes) is 9. The van der Waals surface area contributed by atoms with Crippen LogP contribution in [0.3, 0.4) is 0 Å². The third-order valence-corrected chi connectivity index (χ3v) is 5.63. The first-order valence-corrected chi connectivity index (χ1v) is 11.6. The van der Waals surface area contributed by atoms with Gasteiger partial charge in [0.2, 0.25) is 0 Å². The molecule has 0 spiro atoms. The molecular formula is C21H37NO3S. The first-order chi connectivity index (χ1) is 12.4. The van der Waals surface area contributed by atoms with E-state index in [1.54, 1.807) is 12.1 Å². The fourth-order valence-electron chi connectivity index (χ4n) is 3.21. The molecule has 1 aromatic rings. The largest absolute Gasteiger partial charge is 0.315 e. The highest BCUT2D eigenvalue weighted by molar-refractivity contribution is 7.85. The molecule has 0 atom stereocenters. The van der Waals surface area contributed by atoms with E-state index < -0.39 is 10.1 Å². The van der Waals surface area contributed by atoms with Gasteiger partial charge in [0.25, 0.3) is 10.1 Å². The summed E-state index contributed by atoms with van der Waals surface area (Å²) < 4.78 is 32.0. The van der Waals surface area contributed by atoms with Crippen molar-refractivity contribution in [1.82, 2.24) is 5.32 Å². The van der Waals surface area contributed by atoms with Crippen LogP contribution in [0.4, 0.5) is 0 Å². The van der Waals surface area contributed by atoms with Crippen LogP contribution in [-0.4, -0.2) is 25.6 Å². The summed E-state index contributed by atoms with van der Waals surface area (Å²) >= 11 is 0. The molecule has 0 saturated carbocycles. The molecule has 0 aliphatic heterocycles. The molecule has 5 heteroatoms. The highest BCUT2D eigenvalue weighted by Gasteiger charge is 2.13. The van der Waals surface area contributed by atoms with Crippen LogP contribution in [0.25, 0.3) is 0 Å². The summed E-state index contributed by atoms with van der Waals surface area (Å²) in [7, 11) is -4.11. The van der Waals surface area contributed by atoms with Crippen LogP contribution >= 0.6 is 0 Å². The molecular weight excluding hydrogens is 346 g/mol. The number of hydrogen-bond donors (Lipinski definition) is 2. The van der Waals surface area contributed by atoms with Crippen molar-refractivity contribution >= 4 is 10.1 Å². The number of rotatable bonds is 15. The molecule has 0 aliphatic carbocycles. The molecule has 150 valence electrons. The zero-order valence-corrected chi connectivity index (χ0v) is 17.4. The van der Waals surface area contributed by atoms with E-state index in [2.05, 4.69) is 19.2 Å². The Bertz CT molecular complexity index is 585. The van der Waals surface area contributed by atoms with Crippen LogP contribution in [0.1, 0.15) is 83.6 Å². The normalized spacial score (nSPS) is 12.0. The van der Waals surface area contributed by atoms with Gasteiger partial charge >= 0.3 is 0 Å². The van der Waals surface area contributed by atoms with Gasteiger partial charge in [-0.2, -0.15) is 8.42 Å².